The Bertz CT molecular complexity index is 603. The number of rotatable bonds is 4. The number of aryl methyl sites for hydroxylation is 2. The van der Waals surface area contributed by atoms with Crippen LogP contribution in [0.4, 0.5) is 5.82 Å². The van der Waals surface area contributed by atoms with Crippen LogP contribution in [0.1, 0.15) is 37.9 Å². The number of nitrogens with zero attached hydrogens (tertiary/aromatic N) is 4. The molecule has 1 aliphatic rings. The summed E-state index contributed by atoms with van der Waals surface area (Å²) >= 11 is 0. The summed E-state index contributed by atoms with van der Waals surface area (Å²) in [5.74, 6) is 0.367. The number of hydrazone groups is 1. The van der Waals surface area contributed by atoms with Gasteiger partial charge in [0.15, 0.2) is 0 Å². The molecule has 0 saturated carbocycles. The van der Waals surface area contributed by atoms with Gasteiger partial charge in [-0.3, -0.25) is 14.3 Å². The zero-order valence-corrected chi connectivity index (χ0v) is 12.9. The SMILES string of the molecule is CCc1nn(C)c(NC(=O)C2=NN(C)C(=O)CC2)c1CC. The average molecular weight is 291 g/mol. The number of hydrogen-bond acceptors (Lipinski definition) is 4. The van der Waals surface area contributed by atoms with Gasteiger partial charge < -0.3 is 5.32 Å². The van der Waals surface area contributed by atoms with Crippen molar-refractivity contribution in [3.8, 4) is 0 Å². The molecule has 7 heteroatoms. The maximum Gasteiger partial charge on any atom is 0.273 e. The van der Waals surface area contributed by atoms with Gasteiger partial charge in [-0.2, -0.15) is 10.2 Å². The number of amides is 2. The summed E-state index contributed by atoms with van der Waals surface area (Å²) in [5, 5.41) is 12.6. The fraction of sp³-hybridized carbons (Fsp3) is 0.571. The molecule has 21 heavy (non-hydrogen) atoms. The molecule has 2 heterocycles. The predicted molar refractivity (Wildman–Crippen MR) is 80.0 cm³/mol. The molecule has 1 N–H and O–H groups in total. The average Bonchev–Trinajstić information content (AvgIpc) is 2.77. The van der Waals surface area contributed by atoms with Crippen molar-refractivity contribution >= 4 is 23.3 Å². The quantitative estimate of drug-likeness (QED) is 0.902. The number of aromatic nitrogens is 2. The number of anilines is 1. The largest absolute Gasteiger partial charge is 0.305 e. The van der Waals surface area contributed by atoms with Crippen LogP contribution in [0.5, 0.6) is 0 Å². The highest BCUT2D eigenvalue weighted by atomic mass is 16.2. The van der Waals surface area contributed by atoms with Gasteiger partial charge in [0, 0.05) is 32.5 Å². The summed E-state index contributed by atoms with van der Waals surface area (Å²) < 4.78 is 1.69. The minimum atomic E-state index is -0.269. The molecule has 1 aromatic rings. The molecule has 2 rings (SSSR count). The van der Waals surface area contributed by atoms with Crippen LogP contribution < -0.4 is 5.32 Å². The van der Waals surface area contributed by atoms with E-state index in [0.29, 0.717) is 24.4 Å². The van der Waals surface area contributed by atoms with E-state index >= 15 is 0 Å². The van der Waals surface area contributed by atoms with Gasteiger partial charge in [0.1, 0.15) is 11.5 Å². The lowest BCUT2D eigenvalue weighted by Gasteiger charge is -2.19. The van der Waals surface area contributed by atoms with Crippen LogP contribution in [-0.2, 0) is 29.5 Å². The van der Waals surface area contributed by atoms with Crippen molar-refractivity contribution in [1.29, 1.82) is 0 Å². The second-order valence-electron chi connectivity index (χ2n) is 5.02. The van der Waals surface area contributed by atoms with Crippen molar-refractivity contribution in [3.63, 3.8) is 0 Å². The van der Waals surface area contributed by atoms with E-state index in [-0.39, 0.29) is 11.8 Å². The third kappa shape index (κ3) is 2.96. The van der Waals surface area contributed by atoms with Crippen LogP contribution in [0.25, 0.3) is 0 Å². The number of nitrogens with one attached hydrogen (secondary N) is 1. The zero-order valence-electron chi connectivity index (χ0n) is 12.9. The Labute approximate surface area is 124 Å². The molecule has 114 valence electrons. The van der Waals surface area contributed by atoms with E-state index in [1.165, 1.54) is 5.01 Å². The highest BCUT2D eigenvalue weighted by Crippen LogP contribution is 2.21. The van der Waals surface area contributed by atoms with Gasteiger partial charge >= 0.3 is 0 Å². The van der Waals surface area contributed by atoms with E-state index in [0.717, 1.165) is 24.1 Å². The van der Waals surface area contributed by atoms with Gasteiger partial charge in [0.25, 0.3) is 5.91 Å². The molecule has 7 nitrogen and oxygen atoms in total. The van der Waals surface area contributed by atoms with E-state index in [4.69, 9.17) is 0 Å². The lowest BCUT2D eigenvalue weighted by Crippen LogP contribution is -2.34. The topological polar surface area (TPSA) is 79.6 Å². The molecule has 1 aliphatic heterocycles. The zero-order chi connectivity index (χ0) is 15.6. The van der Waals surface area contributed by atoms with Crippen molar-refractivity contribution in [2.45, 2.75) is 39.5 Å². The molecule has 0 saturated heterocycles. The Morgan fingerprint density at radius 2 is 1.95 bits per heavy atom. The lowest BCUT2D eigenvalue weighted by molar-refractivity contribution is -0.130. The molecule has 0 aliphatic carbocycles. The smallest absolute Gasteiger partial charge is 0.273 e. The Kier molecular flexibility index (Phi) is 4.40. The standard InChI is InChI=1S/C14H21N5O2/c1-5-9-10(6-2)16-19(4)13(9)15-14(21)11-7-8-12(20)18(3)17-11/h5-8H2,1-4H3,(H,15,21). The molecular formula is C14H21N5O2. The lowest BCUT2D eigenvalue weighted by atomic mass is 10.1. The van der Waals surface area contributed by atoms with Crippen molar-refractivity contribution in [2.24, 2.45) is 12.1 Å². The molecular weight excluding hydrogens is 270 g/mol. The monoisotopic (exact) mass is 291 g/mol. The number of carbonyl (C=O) groups is 2. The summed E-state index contributed by atoms with van der Waals surface area (Å²) in [4.78, 5) is 23.7. The van der Waals surface area contributed by atoms with Crippen LogP contribution >= 0.6 is 0 Å². The van der Waals surface area contributed by atoms with E-state index in [1.807, 2.05) is 20.9 Å². The summed E-state index contributed by atoms with van der Waals surface area (Å²) in [7, 11) is 3.37. The van der Waals surface area contributed by atoms with E-state index in [2.05, 4.69) is 15.5 Å². The highest BCUT2D eigenvalue weighted by Gasteiger charge is 2.24. The van der Waals surface area contributed by atoms with Crippen molar-refractivity contribution in [2.75, 3.05) is 12.4 Å². The van der Waals surface area contributed by atoms with Gasteiger partial charge in [-0.05, 0) is 12.8 Å². The fourth-order valence-corrected chi connectivity index (χ4v) is 2.45. The maximum absolute atomic E-state index is 12.3. The van der Waals surface area contributed by atoms with E-state index < -0.39 is 0 Å². The second-order valence-corrected chi connectivity index (χ2v) is 5.02. The first kappa shape index (κ1) is 15.2. The fourth-order valence-electron chi connectivity index (χ4n) is 2.45. The minimum absolute atomic E-state index is 0.0744. The van der Waals surface area contributed by atoms with Gasteiger partial charge in [0.2, 0.25) is 5.91 Å². The van der Waals surface area contributed by atoms with Crippen LogP contribution in [0, 0.1) is 0 Å². The molecule has 0 fully saturated rings. The van der Waals surface area contributed by atoms with E-state index in [1.54, 1.807) is 11.7 Å². The van der Waals surface area contributed by atoms with Crippen molar-refractivity contribution in [1.82, 2.24) is 14.8 Å². The van der Waals surface area contributed by atoms with Crippen molar-refractivity contribution in [3.05, 3.63) is 11.3 Å². The highest BCUT2D eigenvalue weighted by molar-refractivity contribution is 6.43. The third-order valence-corrected chi connectivity index (χ3v) is 3.62. The summed E-state index contributed by atoms with van der Waals surface area (Å²) in [6.07, 6.45) is 2.31. The molecule has 2 amide bonds. The number of hydrogen-bond donors (Lipinski definition) is 1. The predicted octanol–water partition coefficient (Wildman–Crippen LogP) is 1.09. The van der Waals surface area contributed by atoms with Crippen LogP contribution in [-0.4, -0.2) is 39.4 Å². The van der Waals surface area contributed by atoms with Crippen LogP contribution in [0.3, 0.4) is 0 Å². The summed E-state index contributed by atoms with van der Waals surface area (Å²) in [6, 6.07) is 0. The number of carbonyl (C=O) groups excluding carboxylic acids is 2. The second kappa shape index (κ2) is 6.07. The van der Waals surface area contributed by atoms with Gasteiger partial charge in [0.05, 0.1) is 5.69 Å². The Morgan fingerprint density at radius 1 is 1.24 bits per heavy atom. The van der Waals surface area contributed by atoms with Gasteiger partial charge in [-0.25, -0.2) is 5.01 Å². The van der Waals surface area contributed by atoms with E-state index in [9.17, 15) is 9.59 Å². The molecule has 0 unspecified atom stereocenters. The molecule has 0 spiro atoms. The van der Waals surface area contributed by atoms with Gasteiger partial charge in [-0.1, -0.05) is 13.8 Å². The summed E-state index contributed by atoms with van der Waals surface area (Å²) in [6.45, 7) is 4.08. The maximum atomic E-state index is 12.3. The normalized spacial score (nSPS) is 15.1. The molecule has 0 aromatic carbocycles. The molecule has 1 aromatic heterocycles. The molecule has 0 radical (unpaired) electrons. The first-order chi connectivity index (χ1) is 9.97. The third-order valence-electron chi connectivity index (χ3n) is 3.62. The van der Waals surface area contributed by atoms with Crippen LogP contribution in [0.15, 0.2) is 5.10 Å². The first-order valence-corrected chi connectivity index (χ1v) is 7.18. The Morgan fingerprint density at radius 3 is 2.52 bits per heavy atom. The van der Waals surface area contributed by atoms with Gasteiger partial charge in [-0.15, -0.1) is 0 Å². The van der Waals surface area contributed by atoms with Crippen molar-refractivity contribution < 1.29 is 9.59 Å². The Balaban J connectivity index is 2.22. The first-order valence-electron chi connectivity index (χ1n) is 7.18. The molecule has 0 bridgehead atoms. The Hall–Kier alpha value is -2.18. The summed E-state index contributed by atoms with van der Waals surface area (Å²) in [5.41, 5.74) is 2.42. The molecule has 0 atom stereocenters. The van der Waals surface area contributed by atoms with Crippen LogP contribution in [0.2, 0.25) is 0 Å². The minimum Gasteiger partial charge on any atom is -0.305 e.